The van der Waals surface area contributed by atoms with Gasteiger partial charge in [-0.3, -0.25) is 9.78 Å². The number of nitrogens with one attached hydrogen (secondary N) is 1. The van der Waals surface area contributed by atoms with Crippen molar-refractivity contribution in [1.29, 1.82) is 0 Å². The quantitative estimate of drug-likeness (QED) is 0.513. The molecule has 5 nitrogen and oxygen atoms in total. The van der Waals surface area contributed by atoms with Crippen LogP contribution in [0.25, 0.3) is 11.3 Å². The summed E-state index contributed by atoms with van der Waals surface area (Å²) >= 11 is 0. The van der Waals surface area contributed by atoms with Crippen molar-refractivity contribution in [3.63, 3.8) is 0 Å². The van der Waals surface area contributed by atoms with Gasteiger partial charge in [0.05, 0.1) is 18.3 Å². The molecule has 3 heterocycles. The lowest BCUT2D eigenvalue weighted by molar-refractivity contribution is 0.0787. The molecule has 0 radical (unpaired) electrons. The Hall–Kier alpha value is -3.42. The molecule has 0 fully saturated rings. The van der Waals surface area contributed by atoms with Gasteiger partial charge in [0, 0.05) is 41.2 Å². The second-order valence-electron chi connectivity index (χ2n) is 8.63. The SMILES string of the molecule is CCN1Cc2c(ccnc2N[C@@H](C)c2cc(F)c(-c3cc(C(C)(C)F)ccn3)cc2F)C1=O. The Morgan fingerprint density at radius 1 is 1.09 bits per heavy atom. The minimum Gasteiger partial charge on any atom is -0.363 e. The van der Waals surface area contributed by atoms with Crippen LogP contribution < -0.4 is 5.32 Å². The van der Waals surface area contributed by atoms with E-state index in [1.807, 2.05) is 6.92 Å². The van der Waals surface area contributed by atoms with Crippen LogP contribution in [-0.2, 0) is 12.2 Å². The molecule has 0 saturated heterocycles. The topological polar surface area (TPSA) is 58.1 Å². The molecule has 1 amide bonds. The number of alkyl halides is 1. The average Bonchev–Trinajstić information content (AvgIpc) is 3.11. The van der Waals surface area contributed by atoms with E-state index in [4.69, 9.17) is 0 Å². The number of hydrogen-bond acceptors (Lipinski definition) is 4. The van der Waals surface area contributed by atoms with Crippen LogP contribution >= 0.6 is 0 Å². The number of halogens is 3. The highest BCUT2D eigenvalue weighted by Gasteiger charge is 2.29. The number of benzene rings is 1. The summed E-state index contributed by atoms with van der Waals surface area (Å²) in [5, 5.41) is 3.12. The normalized spacial score (nSPS) is 14.4. The van der Waals surface area contributed by atoms with E-state index in [1.54, 1.807) is 17.9 Å². The van der Waals surface area contributed by atoms with Crippen LogP contribution in [-0.4, -0.2) is 27.3 Å². The van der Waals surface area contributed by atoms with Gasteiger partial charge in [-0.1, -0.05) is 0 Å². The van der Waals surface area contributed by atoms with Gasteiger partial charge in [-0.2, -0.15) is 0 Å². The molecule has 1 aliphatic heterocycles. The van der Waals surface area contributed by atoms with Gasteiger partial charge in [0.25, 0.3) is 5.91 Å². The Balaban J connectivity index is 1.64. The van der Waals surface area contributed by atoms with Crippen LogP contribution in [0.2, 0.25) is 0 Å². The third-order valence-corrected chi connectivity index (χ3v) is 5.93. The lowest BCUT2D eigenvalue weighted by atomic mass is 9.97. The van der Waals surface area contributed by atoms with Crippen molar-refractivity contribution in [2.24, 2.45) is 0 Å². The standard InChI is InChI=1S/C25H25F3N4O/c1-5-32-13-19-16(24(32)33)7-9-30-23(19)31-14(2)17-11-21(27)18(12-20(17)26)22-10-15(6-8-29-22)25(3,4)28/h6-12,14H,5,13H2,1-4H3,(H,30,31)/t14-/m0/s1. The molecule has 0 spiro atoms. The van der Waals surface area contributed by atoms with E-state index < -0.39 is 23.3 Å². The molecule has 2 aromatic heterocycles. The van der Waals surface area contributed by atoms with E-state index in [9.17, 15) is 9.18 Å². The molecule has 4 rings (SSSR count). The molecule has 0 bridgehead atoms. The van der Waals surface area contributed by atoms with Gasteiger partial charge in [-0.15, -0.1) is 0 Å². The molecule has 3 aromatic rings. The summed E-state index contributed by atoms with van der Waals surface area (Å²) in [6.45, 7) is 7.35. The van der Waals surface area contributed by atoms with E-state index in [2.05, 4.69) is 15.3 Å². The van der Waals surface area contributed by atoms with Crippen molar-refractivity contribution in [3.8, 4) is 11.3 Å². The van der Waals surface area contributed by atoms with Gasteiger partial charge in [0.1, 0.15) is 23.1 Å². The monoisotopic (exact) mass is 454 g/mol. The molecular formula is C25H25F3N4O. The summed E-state index contributed by atoms with van der Waals surface area (Å²) in [4.78, 5) is 22.5. The lowest BCUT2D eigenvalue weighted by Gasteiger charge is -2.19. The van der Waals surface area contributed by atoms with Crippen LogP contribution in [0.15, 0.2) is 42.7 Å². The first-order valence-electron chi connectivity index (χ1n) is 10.8. The zero-order valence-electron chi connectivity index (χ0n) is 18.9. The highest BCUT2D eigenvalue weighted by Crippen LogP contribution is 2.33. The van der Waals surface area contributed by atoms with E-state index >= 15 is 8.78 Å². The van der Waals surface area contributed by atoms with Crippen molar-refractivity contribution in [2.45, 2.75) is 46.0 Å². The summed E-state index contributed by atoms with van der Waals surface area (Å²) in [6.07, 6.45) is 2.90. The Labute approximate surface area is 190 Å². The zero-order chi connectivity index (χ0) is 23.9. The summed E-state index contributed by atoms with van der Waals surface area (Å²) in [7, 11) is 0. The summed E-state index contributed by atoms with van der Waals surface area (Å²) in [5.41, 5.74) is 0.206. The second-order valence-corrected chi connectivity index (χ2v) is 8.63. The number of hydrogen-bond donors (Lipinski definition) is 1. The van der Waals surface area contributed by atoms with E-state index in [0.717, 1.165) is 17.7 Å². The molecular weight excluding hydrogens is 429 g/mol. The molecule has 8 heteroatoms. The third-order valence-electron chi connectivity index (χ3n) is 5.93. The second kappa shape index (κ2) is 8.50. The fraction of sp³-hybridized carbons (Fsp3) is 0.320. The number of carbonyl (C=O) groups excluding carboxylic acids is 1. The molecule has 1 aromatic carbocycles. The van der Waals surface area contributed by atoms with Crippen LogP contribution in [0.3, 0.4) is 0 Å². The van der Waals surface area contributed by atoms with Gasteiger partial charge in [-0.25, -0.2) is 18.2 Å². The molecule has 0 aliphatic carbocycles. The highest BCUT2D eigenvalue weighted by atomic mass is 19.1. The molecule has 33 heavy (non-hydrogen) atoms. The maximum atomic E-state index is 15.1. The lowest BCUT2D eigenvalue weighted by Crippen LogP contribution is -2.22. The Bertz CT molecular complexity index is 1220. The van der Waals surface area contributed by atoms with Crippen LogP contribution in [0, 0.1) is 11.6 Å². The predicted octanol–water partition coefficient (Wildman–Crippen LogP) is 5.78. The van der Waals surface area contributed by atoms with Crippen molar-refractivity contribution < 1.29 is 18.0 Å². The number of pyridine rings is 2. The van der Waals surface area contributed by atoms with Crippen molar-refractivity contribution in [1.82, 2.24) is 14.9 Å². The van der Waals surface area contributed by atoms with Crippen LogP contribution in [0.5, 0.6) is 0 Å². The molecule has 0 saturated carbocycles. The fourth-order valence-electron chi connectivity index (χ4n) is 3.99. The molecule has 1 aliphatic rings. The Kier molecular flexibility index (Phi) is 5.86. The van der Waals surface area contributed by atoms with Gasteiger partial charge >= 0.3 is 0 Å². The first-order chi connectivity index (χ1) is 15.6. The highest BCUT2D eigenvalue weighted by molar-refractivity contribution is 5.99. The number of carbonyl (C=O) groups is 1. The first-order valence-corrected chi connectivity index (χ1v) is 10.8. The predicted molar refractivity (Wildman–Crippen MR) is 120 cm³/mol. The van der Waals surface area contributed by atoms with E-state index in [-0.39, 0.29) is 22.7 Å². The summed E-state index contributed by atoms with van der Waals surface area (Å²) in [6, 6.07) is 6.16. The minimum absolute atomic E-state index is 0.0440. The summed E-state index contributed by atoms with van der Waals surface area (Å²) in [5.74, 6) is -0.900. The number of aromatic nitrogens is 2. The van der Waals surface area contributed by atoms with E-state index in [1.165, 1.54) is 38.4 Å². The largest absolute Gasteiger partial charge is 0.363 e. The fourth-order valence-corrected chi connectivity index (χ4v) is 3.99. The molecule has 172 valence electrons. The maximum Gasteiger partial charge on any atom is 0.254 e. The zero-order valence-corrected chi connectivity index (χ0v) is 18.9. The van der Waals surface area contributed by atoms with E-state index in [0.29, 0.717) is 30.0 Å². The van der Waals surface area contributed by atoms with Crippen molar-refractivity contribution >= 4 is 11.7 Å². The molecule has 1 N–H and O–H groups in total. The maximum absolute atomic E-state index is 15.1. The number of nitrogens with zero attached hydrogens (tertiary/aromatic N) is 3. The Morgan fingerprint density at radius 2 is 1.82 bits per heavy atom. The minimum atomic E-state index is -1.64. The van der Waals surface area contributed by atoms with Crippen molar-refractivity contribution in [2.75, 3.05) is 11.9 Å². The number of anilines is 1. The first kappa shape index (κ1) is 22.8. The third kappa shape index (κ3) is 4.29. The van der Waals surface area contributed by atoms with Gasteiger partial charge < -0.3 is 10.2 Å². The average molecular weight is 454 g/mol. The molecule has 1 atom stereocenters. The van der Waals surface area contributed by atoms with Crippen molar-refractivity contribution in [3.05, 3.63) is 76.6 Å². The smallest absolute Gasteiger partial charge is 0.254 e. The van der Waals surface area contributed by atoms with Gasteiger partial charge in [-0.05, 0) is 63.6 Å². The summed E-state index contributed by atoms with van der Waals surface area (Å²) < 4.78 is 44.4. The van der Waals surface area contributed by atoms with Gasteiger partial charge in [0.15, 0.2) is 0 Å². The Morgan fingerprint density at radius 3 is 2.52 bits per heavy atom. The number of fused-ring (bicyclic) bond motifs is 1. The van der Waals surface area contributed by atoms with Gasteiger partial charge in [0.2, 0.25) is 0 Å². The number of rotatable bonds is 6. The number of amides is 1. The van der Waals surface area contributed by atoms with Crippen LogP contribution in [0.1, 0.15) is 60.8 Å². The van der Waals surface area contributed by atoms with Crippen LogP contribution in [0.4, 0.5) is 19.0 Å². The molecule has 0 unspecified atom stereocenters.